The summed E-state index contributed by atoms with van der Waals surface area (Å²) in [5.41, 5.74) is 1.79. The monoisotopic (exact) mass is 443 g/mol. The number of nitrogens with zero attached hydrogens (tertiary/aromatic N) is 4. The van der Waals surface area contributed by atoms with Gasteiger partial charge >= 0.3 is 6.18 Å². The van der Waals surface area contributed by atoms with Crippen molar-refractivity contribution in [1.29, 1.82) is 0 Å². The van der Waals surface area contributed by atoms with E-state index in [9.17, 15) is 18.0 Å². The minimum Gasteiger partial charge on any atom is -0.378 e. The van der Waals surface area contributed by atoms with Gasteiger partial charge in [0, 0.05) is 18.8 Å². The number of hydrogen-bond donors (Lipinski definition) is 1. The number of ether oxygens (including phenoxy) is 1. The molecule has 0 unspecified atom stereocenters. The van der Waals surface area contributed by atoms with Gasteiger partial charge in [-0.3, -0.25) is 9.36 Å². The van der Waals surface area contributed by atoms with Crippen molar-refractivity contribution in [3.8, 4) is 0 Å². The zero-order chi connectivity index (χ0) is 21.7. The van der Waals surface area contributed by atoms with Crippen LogP contribution in [0.3, 0.4) is 0 Å². The Hall–Kier alpha value is -2.27. The average molecular weight is 443 g/mol. The maximum atomic E-state index is 13.1. The Morgan fingerprint density at radius 3 is 2.47 bits per heavy atom. The van der Waals surface area contributed by atoms with Gasteiger partial charge in [0.1, 0.15) is 6.54 Å². The Morgan fingerprint density at radius 2 is 1.87 bits per heavy atom. The van der Waals surface area contributed by atoms with Gasteiger partial charge in [0.2, 0.25) is 11.9 Å². The molecule has 164 valence electrons. The molecule has 1 fully saturated rings. The summed E-state index contributed by atoms with van der Waals surface area (Å²) >= 11 is 0.927. The first kappa shape index (κ1) is 22.4. The Kier molecular flexibility index (Phi) is 7.24. The lowest BCUT2D eigenvalue weighted by atomic mass is 10.0. The molecular weight excluding hydrogens is 419 g/mol. The molecule has 2 heterocycles. The average Bonchev–Trinajstić information content (AvgIpc) is 3.08. The van der Waals surface area contributed by atoms with E-state index in [0.717, 1.165) is 21.9 Å². The van der Waals surface area contributed by atoms with E-state index in [1.54, 1.807) is 17.0 Å². The number of hydrogen-bond acceptors (Lipinski definition) is 6. The second-order valence-electron chi connectivity index (χ2n) is 7.20. The second kappa shape index (κ2) is 9.69. The third-order valence-corrected chi connectivity index (χ3v) is 5.49. The van der Waals surface area contributed by atoms with Gasteiger partial charge in [-0.15, -0.1) is 10.2 Å². The molecule has 3 rings (SSSR count). The van der Waals surface area contributed by atoms with E-state index in [1.807, 2.05) is 12.1 Å². The highest BCUT2D eigenvalue weighted by Crippen LogP contribution is 2.28. The molecule has 0 bridgehead atoms. The highest BCUT2D eigenvalue weighted by Gasteiger charge is 2.33. The van der Waals surface area contributed by atoms with Crippen molar-refractivity contribution in [2.24, 2.45) is 0 Å². The van der Waals surface area contributed by atoms with Crippen LogP contribution in [-0.2, 0) is 16.1 Å². The molecule has 11 heteroatoms. The number of amides is 1. The molecule has 0 atom stereocenters. The molecule has 1 aliphatic heterocycles. The maximum Gasteiger partial charge on any atom is 0.406 e. The van der Waals surface area contributed by atoms with Crippen molar-refractivity contribution in [2.45, 2.75) is 37.6 Å². The van der Waals surface area contributed by atoms with E-state index in [2.05, 4.69) is 29.4 Å². The summed E-state index contributed by atoms with van der Waals surface area (Å²) in [5, 5.41) is 10.6. The van der Waals surface area contributed by atoms with E-state index >= 15 is 0 Å². The van der Waals surface area contributed by atoms with Gasteiger partial charge in [-0.25, -0.2) is 0 Å². The van der Waals surface area contributed by atoms with E-state index in [4.69, 9.17) is 4.74 Å². The number of morpholine rings is 1. The van der Waals surface area contributed by atoms with Gasteiger partial charge in [0.15, 0.2) is 5.16 Å². The van der Waals surface area contributed by atoms with Crippen LogP contribution < -0.4 is 10.2 Å². The van der Waals surface area contributed by atoms with Crippen LogP contribution in [0.4, 0.5) is 24.8 Å². The van der Waals surface area contributed by atoms with Crippen molar-refractivity contribution in [1.82, 2.24) is 14.8 Å². The number of anilines is 2. The zero-order valence-corrected chi connectivity index (χ0v) is 17.6. The first-order valence-electron chi connectivity index (χ1n) is 9.58. The van der Waals surface area contributed by atoms with Gasteiger partial charge in [0.25, 0.3) is 0 Å². The van der Waals surface area contributed by atoms with Crippen LogP contribution in [0, 0.1) is 0 Å². The molecule has 30 heavy (non-hydrogen) atoms. The third kappa shape index (κ3) is 6.11. The number of alkyl halides is 3. The number of carbonyl (C=O) groups is 1. The predicted molar refractivity (Wildman–Crippen MR) is 109 cm³/mol. The van der Waals surface area contributed by atoms with Crippen molar-refractivity contribution >= 4 is 29.3 Å². The molecular formula is C19H24F3N5O2S. The number of aromatic nitrogens is 3. The fourth-order valence-corrected chi connectivity index (χ4v) is 3.71. The maximum absolute atomic E-state index is 13.1. The van der Waals surface area contributed by atoms with Crippen LogP contribution in [0.15, 0.2) is 29.4 Å². The number of benzene rings is 1. The summed E-state index contributed by atoms with van der Waals surface area (Å²) in [6.07, 6.45) is -4.43. The zero-order valence-electron chi connectivity index (χ0n) is 16.8. The molecule has 7 nitrogen and oxygen atoms in total. The smallest absolute Gasteiger partial charge is 0.378 e. The number of rotatable bonds is 7. The SMILES string of the molecule is CC(C)c1ccc(NC(=O)CSc2nnc(N3CCOCC3)n2CC(F)(F)F)cc1. The fraction of sp³-hybridized carbons (Fsp3) is 0.526. The summed E-state index contributed by atoms with van der Waals surface area (Å²) in [4.78, 5) is 14.0. The third-order valence-electron chi connectivity index (χ3n) is 4.52. The number of carbonyl (C=O) groups excluding carboxylic acids is 1. The quantitative estimate of drug-likeness (QED) is 0.660. The number of nitrogens with one attached hydrogen (secondary N) is 1. The van der Waals surface area contributed by atoms with Crippen LogP contribution in [0.1, 0.15) is 25.3 Å². The number of halogens is 3. The Balaban J connectivity index is 1.66. The fourth-order valence-electron chi connectivity index (χ4n) is 2.98. The molecule has 0 radical (unpaired) electrons. The van der Waals surface area contributed by atoms with E-state index in [0.29, 0.717) is 37.9 Å². The van der Waals surface area contributed by atoms with Crippen LogP contribution in [0.25, 0.3) is 0 Å². The summed E-state index contributed by atoms with van der Waals surface area (Å²) in [6.45, 7) is 4.64. The lowest BCUT2D eigenvalue weighted by Gasteiger charge is -2.28. The molecule has 1 aromatic carbocycles. The van der Waals surface area contributed by atoms with Gasteiger partial charge in [0.05, 0.1) is 19.0 Å². The molecule has 2 aromatic rings. The first-order chi connectivity index (χ1) is 14.2. The standard InChI is InChI=1S/C19H24F3N5O2S/c1-13(2)14-3-5-15(6-4-14)23-16(28)11-30-18-25-24-17(26-7-9-29-10-8-26)27(18)12-19(20,21)22/h3-6,13H,7-12H2,1-2H3,(H,23,28). The molecule has 1 N–H and O–H groups in total. The van der Waals surface area contributed by atoms with Crippen LogP contribution in [0.2, 0.25) is 0 Å². The Bertz CT molecular complexity index is 849. The van der Waals surface area contributed by atoms with Crippen molar-refractivity contribution in [2.75, 3.05) is 42.3 Å². The highest BCUT2D eigenvalue weighted by atomic mass is 32.2. The number of thioether (sulfide) groups is 1. The highest BCUT2D eigenvalue weighted by molar-refractivity contribution is 7.99. The summed E-state index contributed by atoms with van der Waals surface area (Å²) < 4.78 is 45.6. The predicted octanol–water partition coefficient (Wildman–Crippen LogP) is 3.53. The van der Waals surface area contributed by atoms with Crippen LogP contribution in [-0.4, -0.2) is 58.9 Å². The lowest BCUT2D eigenvalue weighted by Crippen LogP contribution is -2.38. The molecule has 1 aliphatic rings. The molecule has 0 spiro atoms. The van der Waals surface area contributed by atoms with Crippen molar-refractivity contribution in [3.05, 3.63) is 29.8 Å². The van der Waals surface area contributed by atoms with Crippen LogP contribution in [0.5, 0.6) is 0 Å². The van der Waals surface area contributed by atoms with Gasteiger partial charge in [-0.05, 0) is 23.6 Å². The normalized spacial score (nSPS) is 14.9. The summed E-state index contributed by atoms with van der Waals surface area (Å²) in [6, 6.07) is 7.48. The first-order valence-corrected chi connectivity index (χ1v) is 10.6. The van der Waals surface area contributed by atoms with Gasteiger partial charge < -0.3 is 15.0 Å². The largest absolute Gasteiger partial charge is 0.406 e. The van der Waals surface area contributed by atoms with Gasteiger partial charge in [-0.2, -0.15) is 13.2 Å². The molecule has 0 aliphatic carbocycles. The topological polar surface area (TPSA) is 72.3 Å². The summed E-state index contributed by atoms with van der Waals surface area (Å²) in [5.74, 6) is 0.117. The van der Waals surface area contributed by atoms with Crippen LogP contribution >= 0.6 is 11.8 Å². The Morgan fingerprint density at radius 1 is 1.20 bits per heavy atom. The van der Waals surface area contributed by atoms with E-state index < -0.39 is 12.7 Å². The van der Waals surface area contributed by atoms with Crippen molar-refractivity contribution < 1.29 is 22.7 Å². The van der Waals surface area contributed by atoms with Gasteiger partial charge in [-0.1, -0.05) is 37.7 Å². The lowest BCUT2D eigenvalue weighted by molar-refractivity contribution is -0.141. The Labute approximate surface area is 177 Å². The summed E-state index contributed by atoms with van der Waals surface area (Å²) in [7, 11) is 0. The minimum absolute atomic E-state index is 0.0547. The van der Waals surface area contributed by atoms with E-state index in [1.165, 1.54) is 0 Å². The molecule has 1 saturated heterocycles. The molecule has 0 saturated carbocycles. The molecule has 1 aromatic heterocycles. The van der Waals surface area contributed by atoms with E-state index in [-0.39, 0.29) is 22.8 Å². The molecule has 1 amide bonds. The minimum atomic E-state index is -4.43. The second-order valence-corrected chi connectivity index (χ2v) is 8.14. The van der Waals surface area contributed by atoms with Crippen molar-refractivity contribution in [3.63, 3.8) is 0 Å².